The van der Waals surface area contributed by atoms with Crippen molar-refractivity contribution in [1.29, 1.82) is 0 Å². The van der Waals surface area contributed by atoms with Gasteiger partial charge in [-0.2, -0.15) is 0 Å². The Hall–Kier alpha value is -0.0800. The van der Waals surface area contributed by atoms with Gasteiger partial charge in [-0.15, -0.1) is 0 Å². The Morgan fingerprint density at radius 2 is 1.91 bits per heavy atom. The third-order valence-electron chi connectivity index (χ3n) is 3.16. The lowest BCUT2D eigenvalue weighted by Crippen LogP contribution is -2.38. The molecule has 2 heterocycles. The average molecular weight is 154 g/mol. The molecule has 2 heteroatoms. The van der Waals surface area contributed by atoms with Crippen molar-refractivity contribution < 1.29 is 0 Å². The molecule has 2 rings (SSSR count). The summed E-state index contributed by atoms with van der Waals surface area (Å²) < 4.78 is 0. The Balaban J connectivity index is 2.00. The predicted octanol–water partition coefficient (Wildman–Crippen LogP) is 0.962. The maximum Gasteiger partial charge on any atom is 0.0247 e. The Labute approximate surface area is 68.7 Å². The summed E-state index contributed by atoms with van der Waals surface area (Å²) in [6, 6.07) is 1.21. The first kappa shape index (κ1) is 7.56. The van der Waals surface area contributed by atoms with Crippen molar-refractivity contribution >= 4 is 0 Å². The van der Waals surface area contributed by atoms with Crippen molar-refractivity contribution in [1.82, 2.24) is 4.90 Å². The van der Waals surface area contributed by atoms with Gasteiger partial charge in [-0.05, 0) is 25.8 Å². The largest absolute Gasteiger partial charge is 0.326 e. The third kappa shape index (κ3) is 1.42. The fourth-order valence-electron chi connectivity index (χ4n) is 2.46. The van der Waals surface area contributed by atoms with Crippen molar-refractivity contribution in [3.63, 3.8) is 0 Å². The van der Waals surface area contributed by atoms with Crippen molar-refractivity contribution in [2.24, 2.45) is 5.73 Å². The summed E-state index contributed by atoms with van der Waals surface area (Å²) in [7, 11) is 0. The lowest BCUT2D eigenvalue weighted by molar-refractivity contribution is 0.250. The highest BCUT2D eigenvalue weighted by molar-refractivity contribution is 4.90. The molecule has 2 fully saturated rings. The molecule has 2 unspecified atom stereocenters. The number of nitrogens with zero attached hydrogens (tertiary/aromatic N) is 1. The highest BCUT2D eigenvalue weighted by Gasteiger charge is 2.31. The highest BCUT2D eigenvalue weighted by atomic mass is 15.2. The van der Waals surface area contributed by atoms with E-state index in [9.17, 15) is 0 Å². The van der Waals surface area contributed by atoms with Gasteiger partial charge in [0.15, 0.2) is 0 Å². The summed E-state index contributed by atoms with van der Waals surface area (Å²) in [4.78, 5) is 2.59. The summed E-state index contributed by atoms with van der Waals surface area (Å²) in [5.41, 5.74) is 6.02. The lowest BCUT2D eigenvalue weighted by Gasteiger charge is -2.23. The first-order chi connectivity index (χ1) is 5.38. The van der Waals surface area contributed by atoms with Crippen LogP contribution >= 0.6 is 0 Å². The zero-order valence-electron chi connectivity index (χ0n) is 7.13. The van der Waals surface area contributed by atoms with E-state index in [0.717, 1.165) is 6.04 Å². The van der Waals surface area contributed by atoms with Crippen LogP contribution in [-0.2, 0) is 0 Å². The van der Waals surface area contributed by atoms with Crippen molar-refractivity contribution in [2.45, 2.75) is 44.2 Å². The molecular weight excluding hydrogens is 136 g/mol. The molecule has 0 spiro atoms. The second-order valence-corrected chi connectivity index (χ2v) is 3.91. The molecule has 2 N–H and O–H groups in total. The maximum absolute atomic E-state index is 6.02. The van der Waals surface area contributed by atoms with Gasteiger partial charge in [0, 0.05) is 18.6 Å². The van der Waals surface area contributed by atoms with E-state index < -0.39 is 0 Å². The molecule has 0 saturated carbocycles. The van der Waals surface area contributed by atoms with Gasteiger partial charge >= 0.3 is 0 Å². The minimum absolute atomic E-state index is 0.480. The van der Waals surface area contributed by atoms with Gasteiger partial charge < -0.3 is 5.73 Å². The van der Waals surface area contributed by atoms with Crippen LogP contribution in [0.25, 0.3) is 0 Å². The Morgan fingerprint density at radius 1 is 1.00 bits per heavy atom. The zero-order valence-corrected chi connectivity index (χ0v) is 7.13. The van der Waals surface area contributed by atoms with Gasteiger partial charge in [0.05, 0.1) is 0 Å². The molecule has 64 valence electrons. The molecule has 0 radical (unpaired) electrons. The van der Waals surface area contributed by atoms with E-state index in [1.807, 2.05) is 0 Å². The summed E-state index contributed by atoms with van der Waals surface area (Å²) in [6.07, 6.45) is 6.78. The summed E-state index contributed by atoms with van der Waals surface area (Å²) >= 11 is 0. The molecule has 0 aliphatic carbocycles. The van der Waals surface area contributed by atoms with Crippen LogP contribution in [0.2, 0.25) is 0 Å². The fourth-order valence-corrected chi connectivity index (χ4v) is 2.46. The standard InChI is InChI=1S/C9H18N2/c10-8-5-7-11-6-3-1-2-4-9(8)11/h8-9H,1-7,10H2. The minimum Gasteiger partial charge on any atom is -0.326 e. The molecule has 0 aromatic carbocycles. The summed E-state index contributed by atoms with van der Waals surface area (Å²) in [5.74, 6) is 0. The summed E-state index contributed by atoms with van der Waals surface area (Å²) in [5, 5.41) is 0. The van der Waals surface area contributed by atoms with Crippen LogP contribution < -0.4 is 5.73 Å². The van der Waals surface area contributed by atoms with E-state index in [4.69, 9.17) is 5.73 Å². The quantitative estimate of drug-likeness (QED) is 0.563. The molecule has 2 atom stereocenters. The Bertz CT molecular complexity index is 136. The van der Waals surface area contributed by atoms with Crippen LogP contribution in [0, 0.1) is 0 Å². The Kier molecular flexibility index (Phi) is 2.14. The molecule has 2 nitrogen and oxygen atoms in total. The van der Waals surface area contributed by atoms with Crippen LogP contribution in [0.5, 0.6) is 0 Å². The van der Waals surface area contributed by atoms with Crippen LogP contribution in [0.15, 0.2) is 0 Å². The highest BCUT2D eigenvalue weighted by Crippen LogP contribution is 2.24. The van der Waals surface area contributed by atoms with E-state index in [0.29, 0.717) is 6.04 Å². The Morgan fingerprint density at radius 3 is 2.82 bits per heavy atom. The summed E-state index contributed by atoms with van der Waals surface area (Å²) in [6.45, 7) is 2.56. The zero-order chi connectivity index (χ0) is 7.68. The minimum atomic E-state index is 0.480. The monoisotopic (exact) mass is 154 g/mol. The molecule has 0 amide bonds. The van der Waals surface area contributed by atoms with Crippen molar-refractivity contribution in [2.75, 3.05) is 13.1 Å². The van der Waals surface area contributed by atoms with E-state index in [2.05, 4.69) is 4.90 Å². The smallest absolute Gasteiger partial charge is 0.0247 e. The molecule has 11 heavy (non-hydrogen) atoms. The molecule has 0 aromatic rings. The molecule has 2 aliphatic heterocycles. The predicted molar refractivity (Wildman–Crippen MR) is 46.4 cm³/mol. The van der Waals surface area contributed by atoms with E-state index in [1.165, 1.54) is 45.2 Å². The van der Waals surface area contributed by atoms with E-state index in [-0.39, 0.29) is 0 Å². The SMILES string of the molecule is NC1CCN2CCCCCC12. The first-order valence-corrected chi connectivity index (χ1v) is 4.87. The van der Waals surface area contributed by atoms with Crippen LogP contribution in [0.1, 0.15) is 32.1 Å². The van der Waals surface area contributed by atoms with Crippen LogP contribution in [0.4, 0.5) is 0 Å². The normalized spacial score (nSPS) is 40.1. The van der Waals surface area contributed by atoms with Crippen LogP contribution in [-0.4, -0.2) is 30.1 Å². The number of rotatable bonds is 0. The van der Waals surface area contributed by atoms with Crippen molar-refractivity contribution in [3.05, 3.63) is 0 Å². The lowest BCUT2D eigenvalue weighted by atomic mass is 10.0. The molecular formula is C9H18N2. The second-order valence-electron chi connectivity index (χ2n) is 3.91. The van der Waals surface area contributed by atoms with Gasteiger partial charge in [-0.1, -0.05) is 12.8 Å². The topological polar surface area (TPSA) is 29.3 Å². The first-order valence-electron chi connectivity index (χ1n) is 4.87. The van der Waals surface area contributed by atoms with Crippen LogP contribution in [0.3, 0.4) is 0 Å². The molecule has 2 aliphatic rings. The molecule has 0 aromatic heterocycles. The van der Waals surface area contributed by atoms with Gasteiger partial charge in [0.2, 0.25) is 0 Å². The number of nitrogens with two attached hydrogens (primary N) is 1. The van der Waals surface area contributed by atoms with Gasteiger partial charge in [-0.3, -0.25) is 4.90 Å². The van der Waals surface area contributed by atoms with E-state index in [1.54, 1.807) is 0 Å². The average Bonchev–Trinajstić information content (AvgIpc) is 2.25. The van der Waals surface area contributed by atoms with Gasteiger partial charge in [0.1, 0.15) is 0 Å². The van der Waals surface area contributed by atoms with E-state index >= 15 is 0 Å². The molecule has 2 saturated heterocycles. The maximum atomic E-state index is 6.02. The fraction of sp³-hybridized carbons (Fsp3) is 1.00. The van der Waals surface area contributed by atoms with Crippen molar-refractivity contribution in [3.8, 4) is 0 Å². The van der Waals surface area contributed by atoms with Gasteiger partial charge in [0.25, 0.3) is 0 Å². The molecule has 0 bridgehead atoms. The third-order valence-corrected chi connectivity index (χ3v) is 3.16. The number of hydrogen-bond donors (Lipinski definition) is 1. The number of fused-ring (bicyclic) bond motifs is 1. The second kappa shape index (κ2) is 3.11. The number of hydrogen-bond acceptors (Lipinski definition) is 2. The van der Waals surface area contributed by atoms with Gasteiger partial charge in [-0.25, -0.2) is 0 Å².